The number of nitrogens with one attached hydrogen (secondary N) is 1. The van der Waals surface area contributed by atoms with Crippen LogP contribution in [-0.2, 0) is 27.9 Å². The van der Waals surface area contributed by atoms with E-state index in [1.165, 1.54) is 167 Å². The number of esters is 1. The molecule has 0 radical (unpaired) electrons. The first-order valence-corrected chi connectivity index (χ1v) is 34.8. The van der Waals surface area contributed by atoms with Crippen molar-refractivity contribution in [2.45, 2.75) is 315 Å². The number of nitrogens with zero attached hydrogens (tertiary/aromatic N) is 1. The predicted octanol–water partition coefficient (Wildman–Crippen LogP) is 20.8. The van der Waals surface area contributed by atoms with Gasteiger partial charge >= 0.3 is 13.8 Å². The molecule has 9 nitrogen and oxygen atoms in total. The molecule has 79 heavy (non-hydrogen) atoms. The number of quaternary nitrogens is 1. The van der Waals surface area contributed by atoms with Crippen LogP contribution in [-0.4, -0.2) is 74.3 Å². The number of unbranched alkanes of at least 4 members (excludes halogenated alkanes) is 34. The van der Waals surface area contributed by atoms with E-state index < -0.39 is 20.0 Å². The van der Waals surface area contributed by atoms with Gasteiger partial charge in [-0.15, -0.1) is 0 Å². The summed E-state index contributed by atoms with van der Waals surface area (Å²) in [6.45, 7) is 6.92. The molecular formula is C69H128N2O7P+. The summed E-state index contributed by atoms with van der Waals surface area (Å²) in [5, 5.41) is 3.06. The normalized spacial score (nSPS) is 14.1. The fraction of sp³-hybridized carbons (Fsp3) is 0.797. The van der Waals surface area contributed by atoms with Gasteiger partial charge in [-0.3, -0.25) is 18.6 Å². The van der Waals surface area contributed by atoms with Crippen molar-refractivity contribution < 1.29 is 37.3 Å². The molecule has 0 heterocycles. The van der Waals surface area contributed by atoms with Crippen molar-refractivity contribution in [3.63, 3.8) is 0 Å². The van der Waals surface area contributed by atoms with E-state index in [0.717, 1.165) is 103 Å². The van der Waals surface area contributed by atoms with Gasteiger partial charge in [-0.1, -0.05) is 287 Å². The van der Waals surface area contributed by atoms with Gasteiger partial charge in [-0.25, -0.2) is 4.57 Å². The number of likely N-dealkylation sites (N-methyl/N-ethyl adjacent to an activating group) is 1. The van der Waals surface area contributed by atoms with Crippen LogP contribution in [0.5, 0.6) is 0 Å². The Bertz CT molecular complexity index is 1580. The average Bonchev–Trinajstić information content (AvgIpc) is 3.41. The van der Waals surface area contributed by atoms with Crippen LogP contribution in [0.4, 0.5) is 0 Å². The molecule has 0 rings (SSSR count). The zero-order valence-corrected chi connectivity index (χ0v) is 53.5. The maximum Gasteiger partial charge on any atom is 0.472 e. The number of carbonyl (C=O) groups excluding carboxylic acids is 2. The average molecular weight is 1130 g/mol. The zero-order valence-electron chi connectivity index (χ0n) is 52.6. The number of phosphoric ester groups is 1. The Morgan fingerprint density at radius 3 is 1.22 bits per heavy atom. The van der Waals surface area contributed by atoms with Crippen LogP contribution in [0.1, 0.15) is 303 Å². The van der Waals surface area contributed by atoms with Crippen LogP contribution in [0.15, 0.2) is 72.9 Å². The van der Waals surface area contributed by atoms with E-state index in [0.29, 0.717) is 23.9 Å². The van der Waals surface area contributed by atoms with E-state index in [1.807, 2.05) is 33.3 Å². The quantitative estimate of drug-likeness (QED) is 0.0205. The van der Waals surface area contributed by atoms with Crippen molar-refractivity contribution in [3.8, 4) is 0 Å². The molecule has 10 heteroatoms. The lowest BCUT2D eigenvalue weighted by atomic mass is 10.0. The van der Waals surface area contributed by atoms with E-state index in [2.05, 4.69) is 86.8 Å². The van der Waals surface area contributed by atoms with Crippen molar-refractivity contribution in [2.24, 2.45) is 0 Å². The van der Waals surface area contributed by atoms with Gasteiger partial charge in [0.05, 0.1) is 33.8 Å². The molecule has 0 aliphatic carbocycles. The van der Waals surface area contributed by atoms with E-state index in [-0.39, 0.29) is 25.1 Å². The zero-order chi connectivity index (χ0) is 57.9. The topological polar surface area (TPSA) is 111 Å². The lowest BCUT2D eigenvalue weighted by Gasteiger charge is -2.27. The van der Waals surface area contributed by atoms with Crippen LogP contribution in [0.25, 0.3) is 0 Å². The largest absolute Gasteiger partial charge is 0.472 e. The highest BCUT2D eigenvalue weighted by molar-refractivity contribution is 7.47. The van der Waals surface area contributed by atoms with E-state index >= 15 is 0 Å². The summed E-state index contributed by atoms with van der Waals surface area (Å²) in [4.78, 5) is 37.8. The van der Waals surface area contributed by atoms with Crippen LogP contribution >= 0.6 is 7.82 Å². The minimum Gasteiger partial charge on any atom is -0.456 e. The monoisotopic (exact) mass is 1130 g/mol. The maximum absolute atomic E-state index is 13.6. The molecule has 460 valence electrons. The number of allylic oxidation sites excluding steroid dienone is 11. The van der Waals surface area contributed by atoms with Crippen molar-refractivity contribution in [3.05, 3.63) is 72.9 Å². The fourth-order valence-electron chi connectivity index (χ4n) is 9.56. The Morgan fingerprint density at radius 1 is 0.456 bits per heavy atom. The Labute approximate surface area is 489 Å². The molecule has 0 aromatic heterocycles. The smallest absolute Gasteiger partial charge is 0.456 e. The summed E-state index contributed by atoms with van der Waals surface area (Å²) in [6.07, 6.45) is 76.1. The molecule has 0 aromatic rings. The summed E-state index contributed by atoms with van der Waals surface area (Å²) in [5.41, 5.74) is 0. The molecule has 3 atom stereocenters. The number of carbonyl (C=O) groups is 2. The third-order valence-electron chi connectivity index (χ3n) is 14.7. The van der Waals surface area contributed by atoms with Gasteiger partial charge in [0.2, 0.25) is 5.91 Å². The summed E-state index contributed by atoms with van der Waals surface area (Å²) in [5.74, 6) is -0.503. The van der Waals surface area contributed by atoms with Crippen LogP contribution in [0, 0.1) is 0 Å². The Kier molecular flexibility index (Phi) is 56.7. The second kappa shape index (κ2) is 58.6. The Balaban J connectivity index is 5.15. The summed E-state index contributed by atoms with van der Waals surface area (Å²) in [6, 6.07) is -0.852. The minimum absolute atomic E-state index is 0.0383. The second-order valence-corrected chi connectivity index (χ2v) is 25.1. The molecule has 0 fully saturated rings. The molecule has 1 amide bonds. The second-order valence-electron chi connectivity index (χ2n) is 23.6. The van der Waals surface area contributed by atoms with Crippen LogP contribution in [0.3, 0.4) is 0 Å². The van der Waals surface area contributed by atoms with Gasteiger partial charge in [0.25, 0.3) is 0 Å². The highest BCUT2D eigenvalue weighted by atomic mass is 31.2. The Hall–Kier alpha value is -2.55. The Morgan fingerprint density at radius 2 is 0.810 bits per heavy atom. The van der Waals surface area contributed by atoms with Gasteiger partial charge in [0, 0.05) is 12.8 Å². The molecule has 0 spiro atoms. The van der Waals surface area contributed by atoms with Crippen molar-refractivity contribution in [1.82, 2.24) is 5.32 Å². The van der Waals surface area contributed by atoms with E-state index in [4.69, 9.17) is 13.8 Å². The van der Waals surface area contributed by atoms with Gasteiger partial charge < -0.3 is 19.4 Å². The van der Waals surface area contributed by atoms with Gasteiger partial charge in [-0.05, 0) is 76.7 Å². The molecule has 0 aromatic carbocycles. The molecule has 0 bridgehead atoms. The number of ether oxygens (including phenoxy) is 1. The number of phosphoric acid groups is 1. The van der Waals surface area contributed by atoms with Gasteiger partial charge in [0.15, 0.2) is 0 Å². The molecule has 3 unspecified atom stereocenters. The highest BCUT2D eigenvalue weighted by Gasteiger charge is 2.30. The van der Waals surface area contributed by atoms with Crippen LogP contribution in [0.2, 0.25) is 0 Å². The van der Waals surface area contributed by atoms with Crippen molar-refractivity contribution >= 4 is 19.7 Å². The molecule has 0 saturated carbocycles. The lowest BCUT2D eigenvalue weighted by molar-refractivity contribution is -0.870. The standard InChI is InChI=1S/C69H127N2O7P/c1-7-10-13-16-19-22-25-28-30-31-32-33-34-35-36-37-38-39-41-43-46-49-52-55-58-61-68(72)70-66(65-77-79(74,75)76-64-63-71(4,5)6)67(60-57-54-51-48-45-42-27-24-21-18-15-12-9-3)78-69(73)62-59-56-53-50-47-44-40-29-26-23-20-17-14-11-8-2/h10,13,19,22,28,30,32-33,35-36,57,60,66-67H,7-9,11-12,14-18,20-21,23-27,29,31,34,37-56,58-59,61-65H2,1-6H3,(H-,70,72,74,75)/p+1/b13-10-,22-19-,30-28-,33-32-,36-35-,60-57-. The number of hydrogen-bond donors (Lipinski definition) is 2. The van der Waals surface area contributed by atoms with Gasteiger partial charge in [0.1, 0.15) is 19.3 Å². The molecule has 2 N–H and O–H groups in total. The van der Waals surface area contributed by atoms with Crippen molar-refractivity contribution in [1.29, 1.82) is 0 Å². The predicted molar refractivity (Wildman–Crippen MR) is 341 cm³/mol. The molecular weight excluding hydrogens is 1000 g/mol. The fourth-order valence-corrected chi connectivity index (χ4v) is 10.3. The van der Waals surface area contributed by atoms with Crippen molar-refractivity contribution in [2.75, 3.05) is 40.9 Å². The maximum atomic E-state index is 13.6. The lowest BCUT2D eigenvalue weighted by Crippen LogP contribution is -2.47. The first kappa shape index (κ1) is 76.5. The summed E-state index contributed by atoms with van der Waals surface area (Å²) < 4.78 is 30.8. The number of hydrogen-bond acceptors (Lipinski definition) is 6. The molecule has 0 aliphatic rings. The highest BCUT2D eigenvalue weighted by Crippen LogP contribution is 2.43. The SMILES string of the molecule is CC/C=C\C/C=C\C/C=C\C/C=C\C/C=C\CCCCCCCCCCCC(=O)NC(COP(=O)(O)OCC[N+](C)(C)C)C(/C=C\CCCCCCCCCCCCC)OC(=O)CCCCCCCCCCCCCCCCC. The van der Waals surface area contributed by atoms with E-state index in [1.54, 1.807) is 0 Å². The number of amides is 1. The summed E-state index contributed by atoms with van der Waals surface area (Å²) >= 11 is 0. The molecule has 0 aliphatic heterocycles. The van der Waals surface area contributed by atoms with Gasteiger partial charge in [-0.2, -0.15) is 0 Å². The molecule has 0 saturated heterocycles. The first-order valence-electron chi connectivity index (χ1n) is 33.3. The summed E-state index contributed by atoms with van der Waals surface area (Å²) in [7, 11) is 1.50. The minimum atomic E-state index is -4.45. The third kappa shape index (κ3) is 59.9. The first-order chi connectivity index (χ1) is 38.4. The van der Waals surface area contributed by atoms with E-state index in [9.17, 15) is 19.0 Å². The third-order valence-corrected chi connectivity index (χ3v) is 15.6. The number of rotatable bonds is 60. The van der Waals surface area contributed by atoms with Crippen LogP contribution < -0.4 is 5.32 Å².